The molecule has 0 spiro atoms. The van der Waals surface area contributed by atoms with E-state index in [2.05, 4.69) is 42.0 Å². The average molecular weight is 302 g/mol. The Morgan fingerprint density at radius 2 is 2.06 bits per heavy atom. The van der Waals surface area contributed by atoms with E-state index in [4.69, 9.17) is 0 Å². The number of rotatable bonds is 6. The molecule has 0 aliphatic carbocycles. The first-order valence-electron chi connectivity index (χ1n) is 6.22. The summed E-state index contributed by atoms with van der Waals surface area (Å²) in [4.78, 5) is 0. The van der Waals surface area contributed by atoms with Crippen LogP contribution < -0.4 is 5.32 Å². The first kappa shape index (κ1) is 14.7. The topological polar surface area (TPSA) is 12.0 Å². The fourth-order valence-corrected chi connectivity index (χ4v) is 2.30. The van der Waals surface area contributed by atoms with Gasteiger partial charge in [-0.25, -0.2) is 4.39 Å². The van der Waals surface area contributed by atoms with Crippen LogP contribution in [0.4, 0.5) is 4.39 Å². The van der Waals surface area contributed by atoms with E-state index in [0.717, 1.165) is 23.9 Å². The normalized spacial score (nSPS) is 14.6. The summed E-state index contributed by atoms with van der Waals surface area (Å²) >= 11 is 3.42. The second kappa shape index (κ2) is 7.12. The van der Waals surface area contributed by atoms with Crippen LogP contribution in [0.25, 0.3) is 0 Å². The maximum absolute atomic E-state index is 13.0. The highest BCUT2D eigenvalue weighted by molar-refractivity contribution is 9.10. The summed E-state index contributed by atoms with van der Waals surface area (Å²) < 4.78 is 13.8. The largest absolute Gasteiger partial charge is 0.314 e. The van der Waals surface area contributed by atoms with Crippen molar-refractivity contribution in [1.29, 1.82) is 0 Å². The van der Waals surface area contributed by atoms with Gasteiger partial charge >= 0.3 is 0 Å². The van der Waals surface area contributed by atoms with Gasteiger partial charge in [-0.05, 0) is 49.9 Å². The molecule has 0 aliphatic heterocycles. The predicted molar refractivity (Wildman–Crippen MR) is 74.7 cm³/mol. The lowest BCUT2D eigenvalue weighted by Crippen LogP contribution is -2.33. The summed E-state index contributed by atoms with van der Waals surface area (Å²) in [6, 6.07) is 5.40. The van der Waals surface area contributed by atoms with Gasteiger partial charge in [0.1, 0.15) is 5.82 Å². The van der Waals surface area contributed by atoms with E-state index in [1.807, 2.05) is 6.07 Å². The van der Waals surface area contributed by atoms with Crippen LogP contribution in [-0.4, -0.2) is 12.6 Å². The smallest absolute Gasteiger partial charge is 0.124 e. The number of benzene rings is 1. The molecule has 0 radical (unpaired) electrons. The van der Waals surface area contributed by atoms with Crippen LogP contribution in [-0.2, 0) is 6.42 Å². The Labute approximate surface area is 112 Å². The van der Waals surface area contributed by atoms with Gasteiger partial charge in [-0.2, -0.15) is 0 Å². The Morgan fingerprint density at radius 1 is 1.35 bits per heavy atom. The highest BCUT2D eigenvalue weighted by Crippen LogP contribution is 2.22. The van der Waals surface area contributed by atoms with Crippen LogP contribution >= 0.6 is 15.9 Å². The highest BCUT2D eigenvalue weighted by atomic mass is 79.9. The summed E-state index contributed by atoms with van der Waals surface area (Å²) in [6.07, 6.45) is 2.11. The van der Waals surface area contributed by atoms with Crippen LogP contribution in [0.2, 0.25) is 0 Å². The zero-order valence-electron chi connectivity index (χ0n) is 10.8. The SMILES string of the molecule is CCCNC(C)C(C)Cc1ccc(F)cc1Br. The van der Waals surface area contributed by atoms with E-state index in [1.54, 1.807) is 0 Å². The van der Waals surface area contributed by atoms with E-state index >= 15 is 0 Å². The minimum atomic E-state index is -0.189. The Hall–Kier alpha value is -0.410. The molecule has 0 aliphatic rings. The molecule has 2 unspecified atom stereocenters. The Balaban J connectivity index is 2.58. The number of nitrogens with one attached hydrogen (secondary N) is 1. The van der Waals surface area contributed by atoms with Gasteiger partial charge in [0.25, 0.3) is 0 Å². The summed E-state index contributed by atoms with van der Waals surface area (Å²) in [5, 5.41) is 3.49. The number of hydrogen-bond acceptors (Lipinski definition) is 1. The van der Waals surface area contributed by atoms with Gasteiger partial charge in [0.2, 0.25) is 0 Å². The zero-order chi connectivity index (χ0) is 12.8. The van der Waals surface area contributed by atoms with E-state index < -0.39 is 0 Å². The van der Waals surface area contributed by atoms with Crippen molar-refractivity contribution in [2.45, 2.75) is 39.7 Å². The molecule has 1 aromatic carbocycles. The minimum Gasteiger partial charge on any atom is -0.314 e. The molecule has 3 heteroatoms. The summed E-state index contributed by atoms with van der Waals surface area (Å²) in [6.45, 7) is 7.65. The number of halogens is 2. The third-order valence-electron chi connectivity index (χ3n) is 3.13. The average Bonchev–Trinajstić information content (AvgIpc) is 2.29. The number of hydrogen-bond donors (Lipinski definition) is 1. The predicted octanol–water partition coefficient (Wildman–Crippen LogP) is 4.15. The van der Waals surface area contributed by atoms with Crippen molar-refractivity contribution in [3.63, 3.8) is 0 Å². The van der Waals surface area contributed by atoms with Gasteiger partial charge in [-0.15, -0.1) is 0 Å². The first-order chi connectivity index (χ1) is 8.04. The standard InChI is InChI=1S/C14H21BrFN/c1-4-7-17-11(3)10(2)8-12-5-6-13(16)9-14(12)15/h5-6,9-11,17H,4,7-8H2,1-3H3. The quantitative estimate of drug-likeness (QED) is 0.832. The van der Waals surface area contributed by atoms with Gasteiger partial charge in [-0.3, -0.25) is 0 Å². The third-order valence-corrected chi connectivity index (χ3v) is 3.87. The molecule has 0 fully saturated rings. The van der Waals surface area contributed by atoms with Crippen LogP contribution in [0.15, 0.2) is 22.7 Å². The van der Waals surface area contributed by atoms with Crippen molar-refractivity contribution < 1.29 is 4.39 Å². The summed E-state index contributed by atoms with van der Waals surface area (Å²) in [5.74, 6) is 0.341. The van der Waals surface area contributed by atoms with E-state index in [1.165, 1.54) is 17.7 Å². The van der Waals surface area contributed by atoms with Crippen molar-refractivity contribution in [3.05, 3.63) is 34.1 Å². The van der Waals surface area contributed by atoms with Crippen molar-refractivity contribution in [3.8, 4) is 0 Å². The first-order valence-corrected chi connectivity index (χ1v) is 7.01. The molecule has 1 rings (SSSR count). The maximum Gasteiger partial charge on any atom is 0.124 e. The van der Waals surface area contributed by atoms with Crippen LogP contribution in [0.3, 0.4) is 0 Å². The molecule has 1 N–H and O–H groups in total. The fourth-order valence-electron chi connectivity index (χ4n) is 1.78. The minimum absolute atomic E-state index is 0.189. The Morgan fingerprint density at radius 3 is 2.65 bits per heavy atom. The van der Waals surface area contributed by atoms with Gasteiger partial charge in [0.05, 0.1) is 0 Å². The molecular weight excluding hydrogens is 281 g/mol. The van der Waals surface area contributed by atoms with Gasteiger partial charge in [0, 0.05) is 10.5 Å². The molecule has 0 heterocycles. The molecule has 1 aromatic rings. The molecule has 0 bridgehead atoms. The monoisotopic (exact) mass is 301 g/mol. The van der Waals surface area contributed by atoms with E-state index in [-0.39, 0.29) is 5.82 Å². The van der Waals surface area contributed by atoms with Gasteiger partial charge in [0.15, 0.2) is 0 Å². The van der Waals surface area contributed by atoms with Crippen molar-refractivity contribution in [2.75, 3.05) is 6.54 Å². The third kappa shape index (κ3) is 4.76. The van der Waals surface area contributed by atoms with E-state index in [0.29, 0.717) is 12.0 Å². The maximum atomic E-state index is 13.0. The summed E-state index contributed by atoms with van der Waals surface area (Å²) in [7, 11) is 0. The Kier molecular flexibility index (Phi) is 6.14. The van der Waals surface area contributed by atoms with Gasteiger partial charge < -0.3 is 5.32 Å². The lowest BCUT2D eigenvalue weighted by atomic mass is 9.95. The molecule has 96 valence electrons. The second-order valence-electron chi connectivity index (χ2n) is 4.66. The van der Waals surface area contributed by atoms with E-state index in [9.17, 15) is 4.39 Å². The molecule has 1 nitrogen and oxygen atoms in total. The Bertz CT molecular complexity index is 354. The highest BCUT2D eigenvalue weighted by Gasteiger charge is 2.13. The second-order valence-corrected chi connectivity index (χ2v) is 5.51. The van der Waals surface area contributed by atoms with Crippen LogP contribution in [0, 0.1) is 11.7 Å². The lowest BCUT2D eigenvalue weighted by molar-refractivity contribution is 0.398. The zero-order valence-corrected chi connectivity index (χ0v) is 12.3. The molecule has 2 atom stereocenters. The molecule has 0 saturated heterocycles. The van der Waals surface area contributed by atoms with Crippen LogP contribution in [0.5, 0.6) is 0 Å². The lowest BCUT2D eigenvalue weighted by Gasteiger charge is -2.21. The fraction of sp³-hybridized carbons (Fsp3) is 0.571. The van der Waals surface area contributed by atoms with Crippen molar-refractivity contribution >= 4 is 15.9 Å². The van der Waals surface area contributed by atoms with Crippen molar-refractivity contribution in [2.24, 2.45) is 5.92 Å². The molecule has 0 saturated carbocycles. The van der Waals surface area contributed by atoms with Crippen LogP contribution in [0.1, 0.15) is 32.8 Å². The van der Waals surface area contributed by atoms with Gasteiger partial charge in [-0.1, -0.05) is 35.8 Å². The summed E-state index contributed by atoms with van der Waals surface area (Å²) in [5.41, 5.74) is 1.17. The molecule has 0 aromatic heterocycles. The molecule has 0 amide bonds. The molecule has 17 heavy (non-hydrogen) atoms. The van der Waals surface area contributed by atoms with Crippen molar-refractivity contribution in [1.82, 2.24) is 5.32 Å². The molecular formula is C14H21BrFN.